The Morgan fingerprint density at radius 1 is 1.15 bits per heavy atom. The van der Waals surface area contributed by atoms with Crippen molar-refractivity contribution in [2.45, 2.75) is 12.3 Å². The zero-order valence-corrected chi connectivity index (χ0v) is 12.8. The third-order valence-electron chi connectivity index (χ3n) is 3.24. The highest BCUT2D eigenvalue weighted by Gasteiger charge is 2.15. The maximum atomic E-state index is 13.8. The third-order valence-corrected chi connectivity index (χ3v) is 3.74. The van der Waals surface area contributed by atoms with Crippen LogP contribution in [-0.4, -0.2) is 13.6 Å². The van der Waals surface area contributed by atoms with Gasteiger partial charge in [-0.1, -0.05) is 28.1 Å². The Bertz CT molecular complexity index is 586. The molecule has 2 rings (SSSR count). The van der Waals surface area contributed by atoms with Crippen LogP contribution in [0, 0.1) is 11.6 Å². The molecule has 0 aromatic heterocycles. The molecule has 106 valence electrons. The normalized spacial score (nSPS) is 12.4. The number of hydrogen-bond donors (Lipinski definition) is 1. The van der Waals surface area contributed by atoms with Gasteiger partial charge in [0.15, 0.2) is 0 Å². The van der Waals surface area contributed by atoms with Gasteiger partial charge in [0.25, 0.3) is 0 Å². The molecule has 0 fully saturated rings. The van der Waals surface area contributed by atoms with Crippen molar-refractivity contribution >= 4 is 15.9 Å². The average molecular weight is 340 g/mol. The molecule has 0 saturated heterocycles. The van der Waals surface area contributed by atoms with Crippen molar-refractivity contribution in [3.63, 3.8) is 0 Å². The van der Waals surface area contributed by atoms with E-state index in [2.05, 4.69) is 21.2 Å². The van der Waals surface area contributed by atoms with E-state index in [0.29, 0.717) is 18.5 Å². The maximum absolute atomic E-state index is 13.8. The summed E-state index contributed by atoms with van der Waals surface area (Å²) in [5.41, 5.74) is 1.50. The second-order valence-corrected chi connectivity index (χ2v) is 5.67. The Morgan fingerprint density at radius 2 is 1.95 bits per heavy atom. The van der Waals surface area contributed by atoms with Crippen LogP contribution in [0.4, 0.5) is 8.78 Å². The van der Waals surface area contributed by atoms with Gasteiger partial charge in [-0.3, -0.25) is 0 Å². The van der Waals surface area contributed by atoms with Crippen LogP contribution in [0.5, 0.6) is 0 Å². The predicted molar refractivity (Wildman–Crippen MR) is 80.9 cm³/mol. The van der Waals surface area contributed by atoms with Gasteiger partial charge in [0.1, 0.15) is 11.6 Å². The Kier molecular flexibility index (Phi) is 5.26. The lowest BCUT2D eigenvalue weighted by Gasteiger charge is -2.18. The molecule has 2 aromatic rings. The summed E-state index contributed by atoms with van der Waals surface area (Å²) < 4.78 is 28.0. The molecule has 0 aliphatic heterocycles. The maximum Gasteiger partial charge on any atom is 0.126 e. The van der Waals surface area contributed by atoms with Crippen LogP contribution >= 0.6 is 15.9 Å². The molecule has 0 spiro atoms. The van der Waals surface area contributed by atoms with Gasteiger partial charge in [0.2, 0.25) is 0 Å². The van der Waals surface area contributed by atoms with Crippen LogP contribution in [0.15, 0.2) is 46.9 Å². The standard InChI is InChI=1S/C16H16BrF2N/c1-20-10-13(11-3-2-4-14(17)8-11)7-12-9-15(18)5-6-16(12)19/h2-6,8-9,13,20H,7,10H2,1H3. The highest BCUT2D eigenvalue weighted by Crippen LogP contribution is 2.25. The first-order valence-corrected chi connectivity index (χ1v) is 7.23. The molecule has 1 N–H and O–H groups in total. The Morgan fingerprint density at radius 3 is 2.65 bits per heavy atom. The molecule has 0 heterocycles. The van der Waals surface area contributed by atoms with Gasteiger partial charge < -0.3 is 5.32 Å². The number of hydrogen-bond acceptors (Lipinski definition) is 1. The summed E-state index contributed by atoms with van der Waals surface area (Å²) in [6.07, 6.45) is 0.459. The van der Waals surface area contributed by atoms with E-state index in [9.17, 15) is 8.78 Å². The second-order valence-electron chi connectivity index (χ2n) is 4.75. The lowest BCUT2D eigenvalue weighted by Crippen LogP contribution is -2.19. The molecule has 1 unspecified atom stereocenters. The van der Waals surface area contributed by atoms with E-state index in [1.807, 2.05) is 31.3 Å². The smallest absolute Gasteiger partial charge is 0.126 e. The number of benzene rings is 2. The van der Waals surface area contributed by atoms with E-state index in [1.54, 1.807) is 0 Å². The number of likely N-dealkylation sites (N-methyl/N-ethyl adjacent to an activating group) is 1. The molecule has 0 radical (unpaired) electrons. The van der Waals surface area contributed by atoms with Crippen molar-refractivity contribution in [3.05, 3.63) is 69.7 Å². The predicted octanol–water partition coefficient (Wildman–Crippen LogP) is 4.27. The largest absolute Gasteiger partial charge is 0.319 e. The van der Waals surface area contributed by atoms with Crippen molar-refractivity contribution < 1.29 is 8.78 Å². The van der Waals surface area contributed by atoms with E-state index >= 15 is 0 Å². The van der Waals surface area contributed by atoms with Crippen LogP contribution < -0.4 is 5.32 Å². The van der Waals surface area contributed by atoms with Gasteiger partial charge in [-0.25, -0.2) is 8.78 Å². The van der Waals surface area contributed by atoms with Gasteiger partial charge in [-0.2, -0.15) is 0 Å². The lowest BCUT2D eigenvalue weighted by atomic mass is 9.91. The van der Waals surface area contributed by atoms with Crippen molar-refractivity contribution in [3.8, 4) is 0 Å². The Balaban J connectivity index is 2.27. The molecule has 0 aliphatic rings. The quantitative estimate of drug-likeness (QED) is 0.857. The fraction of sp³-hybridized carbons (Fsp3) is 0.250. The van der Waals surface area contributed by atoms with Crippen LogP contribution in [0.25, 0.3) is 0 Å². The zero-order valence-electron chi connectivity index (χ0n) is 11.2. The minimum absolute atomic E-state index is 0.0915. The third kappa shape index (κ3) is 3.87. The minimum atomic E-state index is -0.404. The summed E-state index contributed by atoms with van der Waals surface area (Å²) in [6, 6.07) is 11.5. The molecule has 1 nitrogen and oxygen atoms in total. The fourth-order valence-electron chi connectivity index (χ4n) is 2.28. The lowest BCUT2D eigenvalue weighted by molar-refractivity contribution is 0.560. The fourth-order valence-corrected chi connectivity index (χ4v) is 2.70. The van der Waals surface area contributed by atoms with Gasteiger partial charge in [-0.15, -0.1) is 0 Å². The molecule has 0 bridgehead atoms. The summed E-state index contributed by atoms with van der Waals surface area (Å²) in [4.78, 5) is 0. The van der Waals surface area contributed by atoms with Crippen molar-refractivity contribution in [2.24, 2.45) is 0 Å². The first-order chi connectivity index (χ1) is 9.60. The summed E-state index contributed by atoms with van der Waals surface area (Å²) in [5, 5.41) is 3.11. The summed E-state index contributed by atoms with van der Waals surface area (Å²) in [5.74, 6) is -0.671. The van der Waals surface area contributed by atoms with Gasteiger partial charge in [0.05, 0.1) is 0 Å². The van der Waals surface area contributed by atoms with E-state index in [-0.39, 0.29) is 11.7 Å². The van der Waals surface area contributed by atoms with E-state index in [4.69, 9.17) is 0 Å². The topological polar surface area (TPSA) is 12.0 Å². The molecule has 0 amide bonds. The first kappa shape index (κ1) is 15.1. The van der Waals surface area contributed by atoms with Crippen LogP contribution in [0.3, 0.4) is 0 Å². The SMILES string of the molecule is CNCC(Cc1cc(F)ccc1F)c1cccc(Br)c1. The van der Waals surface area contributed by atoms with Crippen LogP contribution in [0.2, 0.25) is 0 Å². The first-order valence-electron chi connectivity index (χ1n) is 6.44. The molecular weight excluding hydrogens is 324 g/mol. The molecule has 1 atom stereocenters. The van der Waals surface area contributed by atoms with Gasteiger partial charge >= 0.3 is 0 Å². The summed E-state index contributed by atoms with van der Waals surface area (Å²) >= 11 is 3.44. The monoisotopic (exact) mass is 339 g/mol. The van der Waals surface area contributed by atoms with Crippen LogP contribution in [0.1, 0.15) is 17.0 Å². The highest BCUT2D eigenvalue weighted by molar-refractivity contribution is 9.10. The molecule has 20 heavy (non-hydrogen) atoms. The number of halogens is 3. The molecule has 0 saturated carbocycles. The average Bonchev–Trinajstić information content (AvgIpc) is 2.42. The highest BCUT2D eigenvalue weighted by atomic mass is 79.9. The molecular formula is C16H16BrF2N. The molecule has 2 aromatic carbocycles. The van der Waals surface area contributed by atoms with E-state index in [0.717, 1.165) is 16.1 Å². The second kappa shape index (κ2) is 6.95. The minimum Gasteiger partial charge on any atom is -0.319 e. The van der Waals surface area contributed by atoms with Crippen LogP contribution in [-0.2, 0) is 6.42 Å². The van der Waals surface area contributed by atoms with E-state index < -0.39 is 5.82 Å². The molecule has 4 heteroatoms. The molecule has 0 aliphatic carbocycles. The van der Waals surface area contributed by atoms with E-state index in [1.165, 1.54) is 12.1 Å². The number of nitrogens with one attached hydrogen (secondary N) is 1. The number of rotatable bonds is 5. The summed E-state index contributed by atoms with van der Waals surface area (Å²) in [7, 11) is 1.85. The van der Waals surface area contributed by atoms with Crippen molar-refractivity contribution in [1.29, 1.82) is 0 Å². The van der Waals surface area contributed by atoms with Gasteiger partial charge in [0, 0.05) is 16.9 Å². The summed E-state index contributed by atoms with van der Waals surface area (Å²) in [6.45, 7) is 0.701. The Hall–Kier alpha value is -1.26. The van der Waals surface area contributed by atoms with Gasteiger partial charge in [-0.05, 0) is 54.9 Å². The zero-order chi connectivity index (χ0) is 14.5. The van der Waals surface area contributed by atoms with Crippen molar-refractivity contribution in [1.82, 2.24) is 5.32 Å². The Labute approximate surface area is 126 Å². The van der Waals surface area contributed by atoms with Crippen molar-refractivity contribution in [2.75, 3.05) is 13.6 Å².